The third-order valence-corrected chi connectivity index (χ3v) is 5.63. The Hall–Kier alpha value is -0.160. The van der Waals surface area contributed by atoms with E-state index in [0.717, 1.165) is 26.1 Å². The van der Waals surface area contributed by atoms with E-state index in [-0.39, 0.29) is 18.3 Å². The van der Waals surface area contributed by atoms with Gasteiger partial charge in [0.25, 0.3) is 0 Å². The number of unbranched alkanes of at least 4 members (excludes halogenated alkanes) is 12. The van der Waals surface area contributed by atoms with Gasteiger partial charge in [-0.2, -0.15) is 0 Å². The highest BCUT2D eigenvalue weighted by Crippen LogP contribution is 2.09. The minimum atomic E-state index is 0.0789. The SMILES string of the molecule is CCCCCCCCCOCC(C)OCC(C)OCC(C)OCCCCCCCCC. The number of hydrogen-bond donors (Lipinski definition) is 0. The predicted molar refractivity (Wildman–Crippen MR) is 133 cm³/mol. The fourth-order valence-corrected chi connectivity index (χ4v) is 3.50. The van der Waals surface area contributed by atoms with Crippen LogP contribution in [0.1, 0.15) is 125 Å². The molecular weight excluding hydrogens is 388 g/mol. The first kappa shape index (κ1) is 30.8. The van der Waals surface area contributed by atoms with Crippen LogP contribution in [0.25, 0.3) is 0 Å². The first-order chi connectivity index (χ1) is 15.1. The largest absolute Gasteiger partial charge is 0.379 e. The lowest BCUT2D eigenvalue weighted by molar-refractivity contribution is -0.0802. The highest BCUT2D eigenvalue weighted by molar-refractivity contribution is 4.56. The maximum atomic E-state index is 5.88. The molecular formula is C27H56O4. The number of hydrogen-bond acceptors (Lipinski definition) is 4. The van der Waals surface area contributed by atoms with Gasteiger partial charge in [0, 0.05) is 13.2 Å². The van der Waals surface area contributed by atoms with Crippen molar-refractivity contribution < 1.29 is 18.9 Å². The monoisotopic (exact) mass is 444 g/mol. The number of ether oxygens (including phenoxy) is 4. The van der Waals surface area contributed by atoms with E-state index in [1.54, 1.807) is 0 Å². The van der Waals surface area contributed by atoms with Crippen LogP contribution in [0.3, 0.4) is 0 Å². The van der Waals surface area contributed by atoms with Gasteiger partial charge in [-0.25, -0.2) is 0 Å². The van der Waals surface area contributed by atoms with Crippen LogP contribution in [-0.2, 0) is 18.9 Å². The zero-order chi connectivity index (χ0) is 23.0. The van der Waals surface area contributed by atoms with Crippen molar-refractivity contribution in [1.29, 1.82) is 0 Å². The fraction of sp³-hybridized carbons (Fsp3) is 1.00. The molecule has 0 saturated heterocycles. The molecule has 0 aliphatic rings. The van der Waals surface area contributed by atoms with Gasteiger partial charge in [-0.15, -0.1) is 0 Å². The van der Waals surface area contributed by atoms with Crippen molar-refractivity contribution in [2.24, 2.45) is 0 Å². The summed E-state index contributed by atoms with van der Waals surface area (Å²) in [5, 5.41) is 0. The summed E-state index contributed by atoms with van der Waals surface area (Å²) in [7, 11) is 0. The van der Waals surface area contributed by atoms with Crippen LogP contribution in [-0.4, -0.2) is 51.3 Å². The Kier molecular flexibility index (Phi) is 24.4. The molecule has 0 rings (SSSR count). The summed E-state index contributed by atoms with van der Waals surface area (Å²) in [6, 6.07) is 0. The van der Waals surface area contributed by atoms with Gasteiger partial charge < -0.3 is 18.9 Å². The lowest BCUT2D eigenvalue weighted by atomic mass is 10.1. The highest BCUT2D eigenvalue weighted by Gasteiger charge is 2.10. The number of rotatable bonds is 25. The Morgan fingerprint density at radius 2 is 0.806 bits per heavy atom. The third-order valence-electron chi connectivity index (χ3n) is 5.63. The molecule has 0 bridgehead atoms. The van der Waals surface area contributed by atoms with E-state index >= 15 is 0 Å². The molecule has 3 atom stereocenters. The van der Waals surface area contributed by atoms with Crippen molar-refractivity contribution in [3.63, 3.8) is 0 Å². The average molecular weight is 445 g/mol. The smallest absolute Gasteiger partial charge is 0.0781 e. The molecule has 0 aromatic rings. The molecule has 188 valence electrons. The maximum absolute atomic E-state index is 5.88. The molecule has 0 spiro atoms. The van der Waals surface area contributed by atoms with E-state index in [4.69, 9.17) is 18.9 Å². The van der Waals surface area contributed by atoms with Crippen molar-refractivity contribution >= 4 is 0 Å². The maximum Gasteiger partial charge on any atom is 0.0781 e. The first-order valence-corrected chi connectivity index (χ1v) is 13.5. The zero-order valence-electron chi connectivity index (χ0n) is 21.8. The van der Waals surface area contributed by atoms with E-state index < -0.39 is 0 Å². The van der Waals surface area contributed by atoms with E-state index in [2.05, 4.69) is 34.6 Å². The van der Waals surface area contributed by atoms with Crippen LogP contribution < -0.4 is 0 Å². The zero-order valence-corrected chi connectivity index (χ0v) is 21.8. The lowest BCUT2D eigenvalue weighted by Gasteiger charge is -2.20. The summed E-state index contributed by atoms with van der Waals surface area (Å²) >= 11 is 0. The van der Waals surface area contributed by atoms with Crippen molar-refractivity contribution in [3.05, 3.63) is 0 Å². The molecule has 0 aliphatic carbocycles. The molecule has 0 aromatic heterocycles. The lowest BCUT2D eigenvalue weighted by Crippen LogP contribution is -2.26. The summed E-state index contributed by atoms with van der Waals surface area (Å²) in [5.74, 6) is 0. The van der Waals surface area contributed by atoms with Gasteiger partial charge in [0.1, 0.15) is 0 Å². The predicted octanol–water partition coefficient (Wildman–Crippen LogP) is 7.72. The highest BCUT2D eigenvalue weighted by atomic mass is 16.6. The standard InChI is InChI=1S/C27H56O4/c1-6-8-10-12-14-16-18-20-28-22-25(3)30-24-27(5)31-23-26(4)29-21-19-17-15-13-11-9-7-2/h25-27H,6-24H2,1-5H3. The summed E-state index contributed by atoms with van der Waals surface area (Å²) in [4.78, 5) is 0. The Morgan fingerprint density at radius 3 is 1.32 bits per heavy atom. The van der Waals surface area contributed by atoms with E-state index in [1.165, 1.54) is 77.0 Å². The van der Waals surface area contributed by atoms with Crippen LogP contribution in [0.2, 0.25) is 0 Å². The van der Waals surface area contributed by atoms with Crippen molar-refractivity contribution in [2.45, 2.75) is 143 Å². The average Bonchev–Trinajstić information content (AvgIpc) is 2.77. The topological polar surface area (TPSA) is 36.9 Å². The van der Waals surface area contributed by atoms with Gasteiger partial charge in [-0.3, -0.25) is 0 Å². The quantitative estimate of drug-likeness (QED) is 0.135. The molecule has 0 amide bonds. The van der Waals surface area contributed by atoms with Gasteiger partial charge in [0.15, 0.2) is 0 Å². The second kappa shape index (κ2) is 24.5. The molecule has 0 fully saturated rings. The Balaban J connectivity index is 3.43. The van der Waals surface area contributed by atoms with Gasteiger partial charge in [0.05, 0.1) is 38.1 Å². The van der Waals surface area contributed by atoms with E-state index in [1.807, 2.05) is 0 Å². The molecule has 31 heavy (non-hydrogen) atoms. The second-order valence-electron chi connectivity index (χ2n) is 9.29. The van der Waals surface area contributed by atoms with E-state index in [0.29, 0.717) is 19.8 Å². The molecule has 0 heterocycles. The Bertz CT molecular complexity index is 337. The summed E-state index contributed by atoms with van der Waals surface area (Å²) in [5.41, 5.74) is 0. The normalized spacial score (nSPS) is 14.6. The van der Waals surface area contributed by atoms with Crippen LogP contribution >= 0.6 is 0 Å². The van der Waals surface area contributed by atoms with Gasteiger partial charge in [-0.1, -0.05) is 90.9 Å². The Labute approximate surface area is 195 Å². The Morgan fingerprint density at radius 1 is 0.419 bits per heavy atom. The van der Waals surface area contributed by atoms with Crippen LogP contribution in [0, 0.1) is 0 Å². The summed E-state index contributed by atoms with van der Waals surface area (Å²) < 4.78 is 23.4. The molecule has 0 saturated carbocycles. The van der Waals surface area contributed by atoms with Crippen LogP contribution in [0.4, 0.5) is 0 Å². The fourth-order valence-electron chi connectivity index (χ4n) is 3.50. The van der Waals surface area contributed by atoms with Gasteiger partial charge in [-0.05, 0) is 33.6 Å². The first-order valence-electron chi connectivity index (χ1n) is 13.5. The molecule has 0 radical (unpaired) electrons. The van der Waals surface area contributed by atoms with Crippen LogP contribution in [0.5, 0.6) is 0 Å². The molecule has 0 aliphatic heterocycles. The van der Waals surface area contributed by atoms with Gasteiger partial charge in [0.2, 0.25) is 0 Å². The van der Waals surface area contributed by atoms with Crippen LogP contribution in [0.15, 0.2) is 0 Å². The molecule has 4 nitrogen and oxygen atoms in total. The summed E-state index contributed by atoms with van der Waals surface area (Å²) in [6.45, 7) is 14.3. The summed E-state index contributed by atoms with van der Waals surface area (Å²) in [6.07, 6.45) is 18.8. The molecule has 0 N–H and O–H groups in total. The molecule has 0 aromatic carbocycles. The molecule has 3 unspecified atom stereocenters. The minimum absolute atomic E-state index is 0.0789. The van der Waals surface area contributed by atoms with Gasteiger partial charge >= 0.3 is 0 Å². The molecule has 4 heteroatoms. The minimum Gasteiger partial charge on any atom is -0.379 e. The second-order valence-corrected chi connectivity index (χ2v) is 9.29. The third kappa shape index (κ3) is 24.3. The van der Waals surface area contributed by atoms with Crippen molar-refractivity contribution in [3.8, 4) is 0 Å². The van der Waals surface area contributed by atoms with Crippen molar-refractivity contribution in [1.82, 2.24) is 0 Å². The van der Waals surface area contributed by atoms with E-state index in [9.17, 15) is 0 Å². The van der Waals surface area contributed by atoms with Crippen molar-refractivity contribution in [2.75, 3.05) is 33.0 Å².